The van der Waals surface area contributed by atoms with Gasteiger partial charge in [-0.1, -0.05) is 12.1 Å². The van der Waals surface area contributed by atoms with Crippen LogP contribution in [0.1, 0.15) is 0 Å². The maximum atomic E-state index is 13.3. The number of nitrogens with zero attached hydrogens (tertiary/aromatic N) is 1. The molecular formula is C11H3F6N. The van der Waals surface area contributed by atoms with E-state index in [1.54, 1.807) is 0 Å². The van der Waals surface area contributed by atoms with Crippen LogP contribution in [0.3, 0.4) is 0 Å². The molecule has 1 nitrogen and oxygen atoms in total. The minimum atomic E-state index is -1.94. The van der Waals surface area contributed by atoms with Gasteiger partial charge in [0.1, 0.15) is 0 Å². The molecular weight excluding hydrogens is 260 g/mol. The third-order valence-electron chi connectivity index (χ3n) is 2.22. The van der Waals surface area contributed by atoms with Crippen LogP contribution < -0.4 is 0 Å². The van der Waals surface area contributed by atoms with Crippen LogP contribution in [0.5, 0.6) is 0 Å². The Labute approximate surface area is 96.7 Å². The monoisotopic (exact) mass is 263 g/mol. The number of aromatic nitrogens is 1. The first-order valence-electron chi connectivity index (χ1n) is 4.58. The molecule has 0 fully saturated rings. The van der Waals surface area contributed by atoms with E-state index in [9.17, 15) is 26.3 Å². The fourth-order valence-electron chi connectivity index (χ4n) is 1.42. The van der Waals surface area contributed by atoms with Gasteiger partial charge < -0.3 is 0 Å². The molecule has 0 saturated heterocycles. The van der Waals surface area contributed by atoms with Crippen molar-refractivity contribution in [3.63, 3.8) is 0 Å². The third kappa shape index (κ3) is 1.81. The fraction of sp³-hybridized carbons (Fsp3) is 0. The van der Waals surface area contributed by atoms with Crippen LogP contribution in [0.15, 0.2) is 18.2 Å². The van der Waals surface area contributed by atoms with Gasteiger partial charge in [0.2, 0.25) is 0 Å². The summed E-state index contributed by atoms with van der Waals surface area (Å²) in [6, 6.07) is 2.43. The number of hydrogen-bond acceptors (Lipinski definition) is 1. The highest BCUT2D eigenvalue weighted by molar-refractivity contribution is 5.65. The average Bonchev–Trinajstić information content (AvgIpc) is 2.32. The molecule has 7 heteroatoms. The average molecular weight is 263 g/mol. The van der Waals surface area contributed by atoms with Gasteiger partial charge in [-0.25, -0.2) is 17.6 Å². The first kappa shape index (κ1) is 12.4. The largest absolute Gasteiger partial charge is 0.252 e. The summed E-state index contributed by atoms with van der Waals surface area (Å²) >= 11 is 0. The van der Waals surface area contributed by atoms with Crippen LogP contribution in [0, 0.1) is 35.2 Å². The molecule has 0 aliphatic heterocycles. The molecule has 0 saturated carbocycles. The van der Waals surface area contributed by atoms with Gasteiger partial charge in [0.05, 0.1) is 5.56 Å². The van der Waals surface area contributed by atoms with Crippen LogP contribution in [-0.4, -0.2) is 4.98 Å². The first-order valence-corrected chi connectivity index (χ1v) is 4.58. The summed E-state index contributed by atoms with van der Waals surface area (Å²) in [5.74, 6) is -10.7. The molecule has 0 unspecified atom stereocenters. The Kier molecular flexibility index (Phi) is 2.98. The quantitative estimate of drug-likeness (QED) is 0.566. The molecule has 1 aromatic heterocycles. The second-order valence-corrected chi connectivity index (χ2v) is 3.30. The Bertz CT molecular complexity index is 599. The van der Waals surface area contributed by atoms with Crippen LogP contribution in [0.4, 0.5) is 26.3 Å². The summed E-state index contributed by atoms with van der Waals surface area (Å²) in [6.07, 6.45) is 0. The lowest BCUT2D eigenvalue weighted by Gasteiger charge is -2.07. The molecule has 1 heterocycles. The van der Waals surface area contributed by atoms with E-state index >= 15 is 0 Å². The summed E-state index contributed by atoms with van der Waals surface area (Å²) in [6.45, 7) is 0. The molecule has 0 aliphatic rings. The minimum absolute atomic E-state index is 0.697. The van der Waals surface area contributed by atoms with Gasteiger partial charge in [-0.2, -0.15) is 13.8 Å². The van der Waals surface area contributed by atoms with Gasteiger partial charge in [0, 0.05) is 5.56 Å². The van der Waals surface area contributed by atoms with Gasteiger partial charge in [0.25, 0.3) is 11.9 Å². The topological polar surface area (TPSA) is 12.9 Å². The lowest BCUT2D eigenvalue weighted by molar-refractivity contribution is 0.409. The first-order chi connectivity index (χ1) is 8.43. The Hall–Kier alpha value is -2.05. The van der Waals surface area contributed by atoms with E-state index in [0.29, 0.717) is 6.07 Å². The molecule has 0 N–H and O–H groups in total. The standard InChI is InChI=1S/C11H3F6N/c12-5-3-1-2-4(7(5)13)6-8(14)10(16)18-11(17)9(6)15/h1-3H. The summed E-state index contributed by atoms with van der Waals surface area (Å²) in [5, 5.41) is 0. The zero-order valence-corrected chi connectivity index (χ0v) is 8.45. The second kappa shape index (κ2) is 4.32. The van der Waals surface area contributed by atoms with Gasteiger partial charge in [0.15, 0.2) is 23.3 Å². The molecule has 2 aromatic rings. The predicted molar refractivity (Wildman–Crippen MR) is 49.4 cm³/mol. The summed E-state index contributed by atoms with van der Waals surface area (Å²) in [5.41, 5.74) is -2.26. The van der Waals surface area contributed by atoms with Crippen LogP contribution in [0.2, 0.25) is 0 Å². The molecule has 2 rings (SSSR count). The second-order valence-electron chi connectivity index (χ2n) is 3.30. The molecule has 0 bridgehead atoms. The highest BCUT2D eigenvalue weighted by atomic mass is 19.2. The Morgan fingerprint density at radius 1 is 0.722 bits per heavy atom. The van der Waals surface area contributed by atoms with Gasteiger partial charge in [-0.15, -0.1) is 0 Å². The number of rotatable bonds is 1. The zero-order valence-electron chi connectivity index (χ0n) is 8.45. The highest BCUT2D eigenvalue weighted by Crippen LogP contribution is 2.30. The molecule has 1 aromatic carbocycles. The molecule has 0 atom stereocenters. The van der Waals surface area contributed by atoms with Crippen molar-refractivity contribution in [3.8, 4) is 11.1 Å². The number of halogens is 6. The van der Waals surface area contributed by atoms with E-state index in [2.05, 4.69) is 4.98 Å². The molecule has 0 amide bonds. The molecule has 94 valence electrons. The maximum absolute atomic E-state index is 13.3. The Morgan fingerprint density at radius 2 is 1.28 bits per heavy atom. The number of pyridine rings is 1. The van der Waals surface area contributed by atoms with E-state index in [1.807, 2.05) is 0 Å². The summed E-state index contributed by atoms with van der Waals surface area (Å²) < 4.78 is 78.5. The normalized spacial score (nSPS) is 10.8. The predicted octanol–water partition coefficient (Wildman–Crippen LogP) is 3.58. The van der Waals surface area contributed by atoms with Crippen molar-refractivity contribution in [2.45, 2.75) is 0 Å². The van der Waals surface area contributed by atoms with Crippen molar-refractivity contribution in [1.82, 2.24) is 4.98 Å². The van der Waals surface area contributed by atoms with Crippen molar-refractivity contribution in [3.05, 3.63) is 53.4 Å². The van der Waals surface area contributed by atoms with E-state index < -0.39 is 46.3 Å². The van der Waals surface area contributed by atoms with Crippen molar-refractivity contribution in [1.29, 1.82) is 0 Å². The molecule has 18 heavy (non-hydrogen) atoms. The van der Waals surface area contributed by atoms with Crippen LogP contribution >= 0.6 is 0 Å². The highest BCUT2D eigenvalue weighted by Gasteiger charge is 2.24. The molecule has 0 radical (unpaired) electrons. The SMILES string of the molecule is Fc1cccc(-c2c(F)c(F)nc(F)c2F)c1F. The van der Waals surface area contributed by atoms with Crippen LogP contribution in [-0.2, 0) is 0 Å². The Morgan fingerprint density at radius 3 is 1.83 bits per heavy atom. The Balaban J connectivity index is 2.83. The zero-order chi connectivity index (χ0) is 13.4. The maximum Gasteiger partial charge on any atom is 0.252 e. The van der Waals surface area contributed by atoms with Crippen molar-refractivity contribution < 1.29 is 26.3 Å². The number of benzene rings is 1. The van der Waals surface area contributed by atoms with Gasteiger partial charge in [-0.05, 0) is 6.07 Å². The van der Waals surface area contributed by atoms with Crippen molar-refractivity contribution in [2.24, 2.45) is 0 Å². The third-order valence-corrected chi connectivity index (χ3v) is 2.22. The van der Waals surface area contributed by atoms with Gasteiger partial charge in [-0.3, -0.25) is 0 Å². The van der Waals surface area contributed by atoms with E-state index in [1.165, 1.54) is 0 Å². The minimum Gasteiger partial charge on any atom is -0.204 e. The summed E-state index contributed by atoms with van der Waals surface area (Å²) in [4.78, 5) is 2.31. The smallest absolute Gasteiger partial charge is 0.204 e. The van der Waals surface area contributed by atoms with Crippen LogP contribution in [0.25, 0.3) is 11.1 Å². The van der Waals surface area contributed by atoms with Crippen molar-refractivity contribution in [2.75, 3.05) is 0 Å². The molecule has 0 spiro atoms. The fourth-order valence-corrected chi connectivity index (χ4v) is 1.42. The lowest BCUT2D eigenvalue weighted by atomic mass is 10.0. The van der Waals surface area contributed by atoms with E-state index in [4.69, 9.17) is 0 Å². The van der Waals surface area contributed by atoms with Gasteiger partial charge >= 0.3 is 0 Å². The molecule has 0 aliphatic carbocycles. The summed E-state index contributed by atoms with van der Waals surface area (Å²) in [7, 11) is 0. The van der Waals surface area contributed by atoms with E-state index in [-0.39, 0.29) is 0 Å². The number of hydrogen-bond donors (Lipinski definition) is 0. The van der Waals surface area contributed by atoms with E-state index in [0.717, 1.165) is 12.1 Å². The van der Waals surface area contributed by atoms with Crippen molar-refractivity contribution >= 4 is 0 Å². The lowest BCUT2D eigenvalue weighted by Crippen LogP contribution is -2.04.